The van der Waals surface area contributed by atoms with Crippen molar-refractivity contribution in [1.29, 1.82) is 0 Å². The highest BCUT2D eigenvalue weighted by atomic mass is 35.5. The van der Waals surface area contributed by atoms with Crippen molar-refractivity contribution in [1.82, 2.24) is 9.30 Å². The Morgan fingerprint density at radius 1 is 0.905 bits per heavy atom. The zero-order valence-electron chi connectivity index (χ0n) is 25.1. The Balaban J connectivity index is 0.00000484. The van der Waals surface area contributed by atoms with E-state index in [0.29, 0.717) is 40.0 Å². The number of fused-ring (bicyclic) bond motifs is 1. The lowest BCUT2D eigenvalue weighted by atomic mass is 10.1. The first kappa shape index (κ1) is 33.1. The van der Waals surface area contributed by atoms with E-state index in [-0.39, 0.29) is 23.2 Å². The Morgan fingerprint density at radius 3 is 2.17 bits per heavy atom. The monoisotopic (exact) mass is 616 g/mol. The maximum Gasteiger partial charge on any atom is 0.209 e. The van der Waals surface area contributed by atoms with Gasteiger partial charge in [0.2, 0.25) is 15.6 Å². The summed E-state index contributed by atoms with van der Waals surface area (Å²) in [5.74, 6) is 2.61. The molecule has 0 unspecified atom stereocenters. The van der Waals surface area contributed by atoms with Gasteiger partial charge >= 0.3 is 0 Å². The van der Waals surface area contributed by atoms with Gasteiger partial charge in [-0.1, -0.05) is 19.9 Å². The van der Waals surface area contributed by atoms with Crippen LogP contribution in [0.5, 0.6) is 23.0 Å². The Labute approximate surface area is 255 Å². The number of nitrogens with zero attached hydrogens (tertiary/aromatic N) is 2. The molecule has 0 saturated heterocycles. The Hall–Kier alpha value is -3.40. The fraction of sp³-hybridized carbons (Fsp3) is 0.375. The summed E-state index contributed by atoms with van der Waals surface area (Å²) >= 11 is 0. The topological polar surface area (TPSA) is 78.7 Å². The Bertz CT molecular complexity index is 1540. The van der Waals surface area contributed by atoms with E-state index >= 15 is 0 Å². The molecule has 0 aliphatic heterocycles. The van der Waals surface area contributed by atoms with Crippen LogP contribution in [0.25, 0.3) is 5.52 Å². The van der Waals surface area contributed by atoms with Crippen molar-refractivity contribution >= 4 is 27.8 Å². The highest BCUT2D eigenvalue weighted by Crippen LogP contribution is 2.38. The molecule has 10 heteroatoms. The number of benzene rings is 2. The molecule has 0 bridgehead atoms. The first-order chi connectivity index (χ1) is 19.7. The number of halogens is 1. The number of likely N-dealkylation sites (N-methyl/N-ethyl adjacent to an activating group) is 1. The van der Waals surface area contributed by atoms with Crippen molar-refractivity contribution in [3.63, 3.8) is 0 Å². The molecule has 2 aromatic heterocycles. The number of sulfone groups is 1. The Kier molecular flexibility index (Phi) is 11.6. The number of hydrogen-bond donors (Lipinski definition) is 0. The highest BCUT2D eigenvalue weighted by molar-refractivity contribution is 7.91. The van der Waals surface area contributed by atoms with Gasteiger partial charge in [-0.15, -0.1) is 12.4 Å². The molecule has 0 saturated carbocycles. The molecular weight excluding hydrogens is 576 g/mol. The summed E-state index contributed by atoms with van der Waals surface area (Å²) < 4.78 is 51.5. The first-order valence-corrected chi connectivity index (χ1v) is 15.2. The second-order valence-corrected chi connectivity index (χ2v) is 12.2. The molecule has 8 nitrogen and oxygen atoms in total. The third-order valence-electron chi connectivity index (χ3n) is 7.15. The summed E-state index contributed by atoms with van der Waals surface area (Å²) in [6.07, 6.45) is 5.45. The highest BCUT2D eigenvalue weighted by Gasteiger charge is 2.27. The summed E-state index contributed by atoms with van der Waals surface area (Å²) in [7, 11) is 3.21. The molecule has 0 fully saturated rings. The molecule has 0 amide bonds. The van der Waals surface area contributed by atoms with E-state index in [1.807, 2.05) is 61.0 Å². The summed E-state index contributed by atoms with van der Waals surface area (Å²) in [5.41, 5.74) is 2.60. The number of pyridine rings is 1. The molecule has 42 heavy (non-hydrogen) atoms. The SMILES string of the molecule is COc1cc(CCN(C)CCCOc2ccc(S(=O)(=O)c3c(C(C)C)cn4ccccc34)cc2)cc(OC)c1OC.Cl. The van der Waals surface area contributed by atoms with Gasteiger partial charge in [-0.05, 0) is 85.5 Å². The standard InChI is InChI=1S/C32H40N2O6S.ClH/c1-23(2)27-22-34-17-8-7-10-28(34)32(27)41(35,36)26-13-11-25(12-14-26)40-19-9-16-33(3)18-15-24-20-29(37-4)31(39-6)30(21-24)38-5;/h7-8,10-14,17,20-23H,9,15-16,18-19H2,1-6H3;1H. The van der Waals surface area contributed by atoms with Gasteiger partial charge in [0.1, 0.15) is 10.6 Å². The van der Waals surface area contributed by atoms with Crippen LogP contribution in [0.3, 0.4) is 0 Å². The second kappa shape index (κ2) is 14.7. The number of hydrogen-bond acceptors (Lipinski definition) is 7. The molecule has 4 rings (SSSR count). The molecule has 4 aromatic rings. The fourth-order valence-electron chi connectivity index (χ4n) is 4.89. The van der Waals surface area contributed by atoms with Crippen LogP contribution >= 0.6 is 12.4 Å². The molecule has 0 atom stereocenters. The van der Waals surface area contributed by atoms with Crippen molar-refractivity contribution in [3.8, 4) is 23.0 Å². The fourth-order valence-corrected chi connectivity index (χ4v) is 6.67. The lowest BCUT2D eigenvalue weighted by molar-refractivity contribution is 0.263. The summed E-state index contributed by atoms with van der Waals surface area (Å²) in [5, 5.41) is 0. The van der Waals surface area contributed by atoms with Crippen LogP contribution in [0.2, 0.25) is 0 Å². The normalized spacial score (nSPS) is 11.5. The van der Waals surface area contributed by atoms with Crippen molar-refractivity contribution in [2.75, 3.05) is 48.1 Å². The van der Waals surface area contributed by atoms with E-state index in [1.165, 1.54) is 0 Å². The van der Waals surface area contributed by atoms with E-state index < -0.39 is 9.84 Å². The van der Waals surface area contributed by atoms with Crippen LogP contribution < -0.4 is 18.9 Å². The predicted octanol–water partition coefficient (Wildman–Crippen LogP) is 6.29. The van der Waals surface area contributed by atoms with Crippen LogP contribution in [0.4, 0.5) is 0 Å². The average Bonchev–Trinajstić information content (AvgIpc) is 3.39. The minimum atomic E-state index is -3.70. The van der Waals surface area contributed by atoms with Gasteiger partial charge in [0.05, 0.1) is 38.3 Å². The smallest absolute Gasteiger partial charge is 0.209 e. The van der Waals surface area contributed by atoms with Crippen LogP contribution in [-0.4, -0.2) is 65.8 Å². The third-order valence-corrected chi connectivity index (χ3v) is 9.02. The zero-order chi connectivity index (χ0) is 29.6. The van der Waals surface area contributed by atoms with Gasteiger partial charge < -0.3 is 28.2 Å². The van der Waals surface area contributed by atoms with Gasteiger partial charge in [0, 0.05) is 25.5 Å². The average molecular weight is 617 g/mol. The van der Waals surface area contributed by atoms with Crippen LogP contribution in [0, 0.1) is 0 Å². The minimum Gasteiger partial charge on any atom is -0.494 e. The van der Waals surface area contributed by atoms with Gasteiger partial charge in [0.15, 0.2) is 11.5 Å². The quantitative estimate of drug-likeness (QED) is 0.154. The minimum absolute atomic E-state index is 0. The second-order valence-electron chi connectivity index (χ2n) is 10.3. The van der Waals surface area contributed by atoms with Gasteiger partial charge in [-0.3, -0.25) is 0 Å². The van der Waals surface area contributed by atoms with Crippen molar-refractivity contribution in [2.24, 2.45) is 0 Å². The maximum atomic E-state index is 13.7. The van der Waals surface area contributed by atoms with Crippen molar-refractivity contribution in [3.05, 3.63) is 78.1 Å². The first-order valence-electron chi connectivity index (χ1n) is 13.7. The van der Waals surface area contributed by atoms with E-state index in [0.717, 1.165) is 37.1 Å². The third kappa shape index (κ3) is 7.32. The molecule has 2 aromatic carbocycles. The zero-order valence-corrected chi connectivity index (χ0v) is 26.8. The van der Waals surface area contributed by atoms with E-state index in [9.17, 15) is 8.42 Å². The maximum absolute atomic E-state index is 13.7. The van der Waals surface area contributed by atoms with Crippen LogP contribution in [0.1, 0.15) is 37.3 Å². The predicted molar refractivity (Wildman–Crippen MR) is 168 cm³/mol. The lowest BCUT2D eigenvalue weighted by Gasteiger charge is -2.18. The van der Waals surface area contributed by atoms with E-state index in [4.69, 9.17) is 18.9 Å². The van der Waals surface area contributed by atoms with Gasteiger partial charge in [0.25, 0.3) is 0 Å². The molecule has 0 aliphatic carbocycles. The molecular formula is C32H41ClN2O6S. The Morgan fingerprint density at radius 2 is 1.57 bits per heavy atom. The number of methoxy groups -OCH3 is 3. The summed E-state index contributed by atoms with van der Waals surface area (Å²) in [4.78, 5) is 2.88. The molecule has 0 radical (unpaired) electrons. The molecule has 2 heterocycles. The molecule has 0 N–H and O–H groups in total. The largest absolute Gasteiger partial charge is 0.494 e. The number of aromatic nitrogens is 1. The van der Waals surface area contributed by atoms with Crippen LogP contribution in [-0.2, 0) is 16.3 Å². The molecule has 0 aliphatic rings. The number of rotatable bonds is 14. The van der Waals surface area contributed by atoms with Gasteiger partial charge in [-0.25, -0.2) is 8.42 Å². The van der Waals surface area contributed by atoms with Gasteiger partial charge in [-0.2, -0.15) is 0 Å². The molecule has 228 valence electrons. The number of ether oxygens (including phenoxy) is 4. The van der Waals surface area contributed by atoms with Crippen molar-refractivity contribution < 1.29 is 27.4 Å². The van der Waals surface area contributed by atoms with Crippen LogP contribution in [0.15, 0.2) is 76.8 Å². The lowest BCUT2D eigenvalue weighted by Crippen LogP contribution is -2.23. The van der Waals surface area contributed by atoms with Crippen molar-refractivity contribution in [2.45, 2.75) is 42.4 Å². The summed E-state index contributed by atoms with van der Waals surface area (Å²) in [6, 6.07) is 16.3. The molecule has 0 spiro atoms. The summed E-state index contributed by atoms with van der Waals surface area (Å²) in [6.45, 7) is 6.27. The van der Waals surface area contributed by atoms with E-state index in [2.05, 4.69) is 11.9 Å². The van der Waals surface area contributed by atoms with E-state index in [1.54, 1.807) is 45.6 Å².